The van der Waals surface area contributed by atoms with Crippen molar-refractivity contribution in [2.75, 3.05) is 0 Å². The zero-order chi connectivity index (χ0) is 11.5. The zero-order valence-corrected chi connectivity index (χ0v) is 8.17. The van der Waals surface area contributed by atoms with Gasteiger partial charge >= 0.3 is 5.97 Å². The topological polar surface area (TPSA) is 68.0 Å². The Morgan fingerprint density at radius 2 is 2.31 bits per heavy atom. The molecular formula is C10H8FN3O2. The highest BCUT2D eigenvalue weighted by Gasteiger charge is 2.08. The summed E-state index contributed by atoms with van der Waals surface area (Å²) in [5.74, 6) is -1.48. The zero-order valence-electron chi connectivity index (χ0n) is 8.17. The lowest BCUT2D eigenvalue weighted by molar-refractivity contribution is 0.0689. The van der Waals surface area contributed by atoms with Crippen LogP contribution in [-0.2, 0) is 6.54 Å². The third-order valence-corrected chi connectivity index (χ3v) is 1.97. The van der Waals surface area contributed by atoms with Crippen molar-refractivity contribution in [1.82, 2.24) is 15.0 Å². The monoisotopic (exact) mass is 221 g/mol. The summed E-state index contributed by atoms with van der Waals surface area (Å²) in [6, 6.07) is 5.98. The number of benzene rings is 1. The molecule has 0 saturated heterocycles. The second-order valence-corrected chi connectivity index (χ2v) is 3.20. The number of carboxylic acids is 1. The van der Waals surface area contributed by atoms with E-state index in [9.17, 15) is 9.18 Å². The second kappa shape index (κ2) is 4.09. The molecule has 0 radical (unpaired) electrons. The molecule has 2 rings (SSSR count). The van der Waals surface area contributed by atoms with Gasteiger partial charge in [-0.25, -0.2) is 9.18 Å². The van der Waals surface area contributed by atoms with Crippen LogP contribution in [0.4, 0.5) is 4.39 Å². The van der Waals surface area contributed by atoms with E-state index < -0.39 is 5.97 Å². The van der Waals surface area contributed by atoms with Gasteiger partial charge in [-0.15, -0.1) is 5.10 Å². The largest absolute Gasteiger partial charge is 0.476 e. The van der Waals surface area contributed by atoms with Crippen molar-refractivity contribution in [2.45, 2.75) is 6.54 Å². The molecule has 1 aromatic carbocycles. The van der Waals surface area contributed by atoms with Crippen molar-refractivity contribution in [3.63, 3.8) is 0 Å². The van der Waals surface area contributed by atoms with E-state index in [1.807, 2.05) is 0 Å². The van der Waals surface area contributed by atoms with Crippen molar-refractivity contribution >= 4 is 5.97 Å². The Bertz CT molecular complexity index is 524. The van der Waals surface area contributed by atoms with Crippen LogP contribution in [0, 0.1) is 5.82 Å². The fourth-order valence-electron chi connectivity index (χ4n) is 1.27. The van der Waals surface area contributed by atoms with E-state index in [4.69, 9.17) is 5.11 Å². The summed E-state index contributed by atoms with van der Waals surface area (Å²) in [4.78, 5) is 11.8. The lowest BCUT2D eigenvalue weighted by Gasteiger charge is -1.99. The number of aromatic nitrogens is 3. The third-order valence-electron chi connectivity index (χ3n) is 1.97. The van der Waals surface area contributed by atoms with E-state index in [-0.39, 0.29) is 18.1 Å². The minimum absolute atomic E-state index is 0.128. The molecule has 0 aliphatic carbocycles. The van der Waals surface area contributed by atoms with Gasteiger partial charge in [0, 0.05) is 0 Å². The van der Waals surface area contributed by atoms with E-state index in [0.29, 0.717) is 5.56 Å². The Morgan fingerprint density at radius 1 is 1.50 bits per heavy atom. The van der Waals surface area contributed by atoms with Gasteiger partial charge in [0.25, 0.3) is 0 Å². The molecular weight excluding hydrogens is 213 g/mol. The molecule has 82 valence electrons. The molecule has 2 aromatic rings. The predicted molar refractivity (Wildman–Crippen MR) is 52.5 cm³/mol. The summed E-state index contributed by atoms with van der Waals surface area (Å²) in [6.45, 7) is 0.241. The summed E-state index contributed by atoms with van der Waals surface area (Å²) < 4.78 is 12.9. The predicted octanol–water partition coefficient (Wildman–Crippen LogP) is 1.16. The number of hydrogen-bond acceptors (Lipinski definition) is 3. The molecule has 0 atom stereocenters. The Morgan fingerprint density at radius 3 is 2.94 bits per heavy atom. The van der Waals surface area contributed by atoms with Crippen LogP contribution in [0.15, 0.2) is 30.5 Å². The third kappa shape index (κ3) is 2.22. The van der Waals surface area contributed by atoms with Gasteiger partial charge in [0.1, 0.15) is 5.82 Å². The number of hydrogen-bond donors (Lipinski definition) is 1. The number of halogens is 1. The molecule has 1 heterocycles. The highest BCUT2D eigenvalue weighted by molar-refractivity contribution is 5.84. The van der Waals surface area contributed by atoms with Crippen LogP contribution in [0.5, 0.6) is 0 Å². The number of carbonyl (C=O) groups is 1. The normalized spacial score (nSPS) is 10.3. The van der Waals surface area contributed by atoms with E-state index in [1.54, 1.807) is 12.1 Å². The summed E-state index contributed by atoms with van der Waals surface area (Å²) >= 11 is 0. The Kier molecular flexibility index (Phi) is 2.63. The van der Waals surface area contributed by atoms with Gasteiger partial charge in [-0.2, -0.15) is 9.90 Å². The van der Waals surface area contributed by atoms with Crippen molar-refractivity contribution < 1.29 is 14.3 Å². The fourth-order valence-corrected chi connectivity index (χ4v) is 1.27. The number of aromatic carboxylic acids is 1. The summed E-state index contributed by atoms with van der Waals surface area (Å²) in [5.41, 5.74) is 0.545. The smallest absolute Gasteiger partial charge is 0.358 e. The molecule has 1 aromatic heterocycles. The first-order chi connectivity index (χ1) is 7.65. The molecule has 5 nitrogen and oxygen atoms in total. The first-order valence-electron chi connectivity index (χ1n) is 4.53. The molecule has 0 bridgehead atoms. The Balaban J connectivity index is 2.17. The van der Waals surface area contributed by atoms with Gasteiger partial charge in [0.2, 0.25) is 0 Å². The summed E-state index contributed by atoms with van der Waals surface area (Å²) in [6.07, 6.45) is 1.15. The van der Waals surface area contributed by atoms with Crippen molar-refractivity contribution in [2.24, 2.45) is 0 Å². The van der Waals surface area contributed by atoms with Gasteiger partial charge in [-0.3, -0.25) is 0 Å². The van der Waals surface area contributed by atoms with Crippen LogP contribution in [0.25, 0.3) is 0 Å². The van der Waals surface area contributed by atoms with Gasteiger partial charge in [0.15, 0.2) is 5.69 Å². The Labute approximate surface area is 90.1 Å². The van der Waals surface area contributed by atoms with Crippen molar-refractivity contribution in [3.8, 4) is 0 Å². The molecule has 0 unspecified atom stereocenters. The highest BCUT2D eigenvalue weighted by Crippen LogP contribution is 2.04. The molecule has 0 amide bonds. The lowest BCUT2D eigenvalue weighted by atomic mass is 10.2. The van der Waals surface area contributed by atoms with Crippen molar-refractivity contribution in [1.29, 1.82) is 0 Å². The van der Waals surface area contributed by atoms with E-state index >= 15 is 0 Å². The van der Waals surface area contributed by atoms with E-state index in [2.05, 4.69) is 10.2 Å². The fraction of sp³-hybridized carbons (Fsp3) is 0.100. The molecule has 6 heteroatoms. The van der Waals surface area contributed by atoms with Crippen LogP contribution in [0.1, 0.15) is 16.1 Å². The maximum atomic E-state index is 12.9. The van der Waals surface area contributed by atoms with E-state index in [1.165, 1.54) is 16.9 Å². The molecule has 0 spiro atoms. The number of nitrogens with zero attached hydrogens (tertiary/aromatic N) is 3. The van der Waals surface area contributed by atoms with Gasteiger partial charge in [-0.1, -0.05) is 12.1 Å². The molecule has 0 aliphatic rings. The SMILES string of the molecule is O=C(O)c1cnn(Cc2cccc(F)c2)n1. The first kappa shape index (κ1) is 10.3. The first-order valence-corrected chi connectivity index (χ1v) is 4.53. The van der Waals surface area contributed by atoms with E-state index in [0.717, 1.165) is 6.20 Å². The minimum atomic E-state index is -1.13. The van der Waals surface area contributed by atoms with Crippen LogP contribution in [-0.4, -0.2) is 26.1 Å². The average molecular weight is 221 g/mol. The van der Waals surface area contributed by atoms with Gasteiger partial charge in [0.05, 0.1) is 12.7 Å². The maximum absolute atomic E-state index is 12.9. The van der Waals surface area contributed by atoms with Crippen LogP contribution in [0.2, 0.25) is 0 Å². The molecule has 0 fully saturated rings. The van der Waals surface area contributed by atoms with Gasteiger partial charge in [-0.05, 0) is 17.7 Å². The average Bonchev–Trinajstić information content (AvgIpc) is 2.66. The Hall–Kier alpha value is -2.24. The maximum Gasteiger partial charge on any atom is 0.358 e. The standard InChI is InChI=1S/C10H8FN3O2/c11-8-3-1-2-7(4-8)6-14-12-5-9(13-14)10(15)16/h1-5H,6H2,(H,15,16). The minimum Gasteiger partial charge on any atom is -0.476 e. The molecule has 0 saturated carbocycles. The molecule has 0 aliphatic heterocycles. The van der Waals surface area contributed by atoms with Gasteiger partial charge < -0.3 is 5.11 Å². The number of carboxylic acid groups (broad SMARTS) is 1. The lowest BCUT2D eigenvalue weighted by Crippen LogP contribution is -2.05. The molecule has 16 heavy (non-hydrogen) atoms. The summed E-state index contributed by atoms with van der Waals surface area (Å²) in [7, 11) is 0. The van der Waals surface area contributed by atoms with Crippen LogP contribution in [0.3, 0.4) is 0 Å². The molecule has 1 N–H and O–H groups in total. The summed E-state index contributed by atoms with van der Waals surface area (Å²) in [5, 5.41) is 16.1. The van der Waals surface area contributed by atoms with Crippen LogP contribution < -0.4 is 0 Å². The second-order valence-electron chi connectivity index (χ2n) is 3.20. The highest BCUT2D eigenvalue weighted by atomic mass is 19.1. The van der Waals surface area contributed by atoms with Crippen molar-refractivity contribution in [3.05, 3.63) is 47.5 Å². The van der Waals surface area contributed by atoms with Crippen LogP contribution >= 0.6 is 0 Å². The number of rotatable bonds is 3. The quantitative estimate of drug-likeness (QED) is 0.844.